The molecule has 0 unspecified atom stereocenters. The number of hydrogen-bond acceptors (Lipinski definition) is 5. The summed E-state index contributed by atoms with van der Waals surface area (Å²) in [4.78, 5) is 16.7. The topological polar surface area (TPSA) is 73.8 Å². The number of amidine groups is 2. The van der Waals surface area contributed by atoms with E-state index in [0.29, 0.717) is 10.2 Å². The first kappa shape index (κ1) is 19.0. The molecule has 0 fully saturated rings. The Morgan fingerprint density at radius 3 is 2.75 bits per heavy atom. The summed E-state index contributed by atoms with van der Waals surface area (Å²) in [5.74, 6) is -0.391. The molecule has 1 N–H and O–H groups in total. The van der Waals surface area contributed by atoms with E-state index in [1.165, 1.54) is 28.5 Å². The molecule has 142 valence electrons. The van der Waals surface area contributed by atoms with Gasteiger partial charge in [0, 0.05) is 11.4 Å². The van der Waals surface area contributed by atoms with Gasteiger partial charge in [-0.2, -0.15) is 10.0 Å². The summed E-state index contributed by atoms with van der Waals surface area (Å²) in [5, 5.41) is 15.3. The molecule has 1 aromatic heterocycles. The van der Waals surface area contributed by atoms with Crippen molar-refractivity contribution in [1.29, 1.82) is 5.41 Å². The van der Waals surface area contributed by atoms with Crippen molar-refractivity contribution >= 4 is 62.5 Å². The first-order chi connectivity index (χ1) is 13.4. The first-order valence-electron chi connectivity index (χ1n) is 8.38. The summed E-state index contributed by atoms with van der Waals surface area (Å²) in [5.41, 5.74) is 3.84. The van der Waals surface area contributed by atoms with Crippen molar-refractivity contribution in [3.8, 4) is 5.69 Å². The minimum Gasteiger partial charge on any atom is -0.316 e. The van der Waals surface area contributed by atoms with Gasteiger partial charge in [0.05, 0.1) is 16.3 Å². The molecule has 0 radical (unpaired) electrons. The summed E-state index contributed by atoms with van der Waals surface area (Å²) >= 11 is 9.13. The van der Waals surface area contributed by atoms with Crippen LogP contribution in [0.1, 0.15) is 17.0 Å². The van der Waals surface area contributed by atoms with Gasteiger partial charge in [-0.25, -0.2) is 0 Å². The quantitative estimate of drug-likeness (QED) is 0.703. The molecule has 0 saturated heterocycles. The largest absolute Gasteiger partial charge is 0.316 e. The maximum Gasteiger partial charge on any atom is 0.283 e. The summed E-state index contributed by atoms with van der Waals surface area (Å²) in [6.45, 7) is 3.94. The third-order valence-electron chi connectivity index (χ3n) is 4.47. The molecule has 0 aliphatic carbocycles. The molecule has 0 saturated carbocycles. The standard InChI is InChI=1S/C19H16ClN5OS2/c1-10-8-12(11(2)24(10)15-7-5-4-6-14(15)20)9-13-16(21)25-18(22-17(13)26)28-19(23-25)27-3/h4-9,21H,1-3H3. The van der Waals surface area contributed by atoms with Gasteiger partial charge in [0.2, 0.25) is 5.17 Å². The maximum absolute atomic E-state index is 12.6. The van der Waals surface area contributed by atoms with Crippen LogP contribution >= 0.6 is 35.1 Å². The molecule has 1 amide bonds. The number of thioether (sulfide) groups is 2. The van der Waals surface area contributed by atoms with Crippen LogP contribution in [0.5, 0.6) is 0 Å². The van der Waals surface area contributed by atoms with E-state index in [1.54, 1.807) is 6.08 Å². The molecular weight excluding hydrogens is 414 g/mol. The van der Waals surface area contributed by atoms with Gasteiger partial charge in [-0.3, -0.25) is 10.2 Å². The van der Waals surface area contributed by atoms with Crippen LogP contribution in [-0.4, -0.2) is 37.1 Å². The Labute approximate surface area is 175 Å². The number of aromatic nitrogens is 1. The highest BCUT2D eigenvalue weighted by Gasteiger charge is 2.35. The van der Waals surface area contributed by atoms with E-state index < -0.39 is 5.91 Å². The van der Waals surface area contributed by atoms with Gasteiger partial charge >= 0.3 is 0 Å². The van der Waals surface area contributed by atoms with Crippen LogP contribution < -0.4 is 0 Å². The van der Waals surface area contributed by atoms with Crippen LogP contribution in [0.4, 0.5) is 0 Å². The highest BCUT2D eigenvalue weighted by molar-refractivity contribution is 8.45. The lowest BCUT2D eigenvalue weighted by molar-refractivity contribution is -0.114. The van der Waals surface area contributed by atoms with Crippen molar-refractivity contribution in [2.45, 2.75) is 13.8 Å². The summed E-state index contributed by atoms with van der Waals surface area (Å²) in [6, 6.07) is 9.58. The van der Waals surface area contributed by atoms with Crippen molar-refractivity contribution in [1.82, 2.24) is 9.58 Å². The normalized spacial score (nSPS) is 17.9. The molecule has 4 rings (SSSR count). The van der Waals surface area contributed by atoms with Crippen molar-refractivity contribution in [2.75, 3.05) is 6.26 Å². The number of fused-ring (bicyclic) bond motifs is 1. The van der Waals surface area contributed by atoms with E-state index in [2.05, 4.69) is 10.1 Å². The lowest BCUT2D eigenvalue weighted by atomic mass is 10.1. The number of aryl methyl sites for hydroxylation is 1. The number of amides is 1. The highest BCUT2D eigenvalue weighted by Crippen LogP contribution is 2.32. The number of aliphatic imine (C=N–C) groups is 1. The molecule has 0 bridgehead atoms. The van der Waals surface area contributed by atoms with E-state index in [1.807, 2.05) is 55.0 Å². The number of hydrogen-bond donors (Lipinski definition) is 1. The van der Waals surface area contributed by atoms with Crippen molar-refractivity contribution in [3.05, 3.63) is 57.9 Å². The van der Waals surface area contributed by atoms with Crippen LogP contribution in [0.2, 0.25) is 5.02 Å². The molecule has 3 heterocycles. The fourth-order valence-electron chi connectivity index (χ4n) is 3.15. The Kier molecular flexibility index (Phi) is 4.95. The van der Waals surface area contributed by atoms with Crippen LogP contribution in [0.3, 0.4) is 0 Å². The van der Waals surface area contributed by atoms with Gasteiger partial charge in [0.1, 0.15) is 0 Å². The summed E-state index contributed by atoms with van der Waals surface area (Å²) < 4.78 is 2.80. The number of benzene rings is 1. The second-order valence-electron chi connectivity index (χ2n) is 6.20. The van der Waals surface area contributed by atoms with Gasteiger partial charge in [0.15, 0.2) is 10.2 Å². The second-order valence-corrected chi connectivity index (χ2v) is 8.62. The molecule has 9 heteroatoms. The van der Waals surface area contributed by atoms with E-state index in [9.17, 15) is 4.79 Å². The number of nitrogens with zero attached hydrogens (tertiary/aromatic N) is 4. The number of rotatable bonds is 2. The Morgan fingerprint density at radius 1 is 1.29 bits per heavy atom. The SMILES string of the molecule is CSC1=NN2C(=N)C(=Cc3cc(C)n(-c4ccccc4Cl)c3C)C(=O)N=C2S1. The zero-order valence-corrected chi connectivity index (χ0v) is 17.7. The van der Waals surface area contributed by atoms with Gasteiger partial charge in [-0.15, -0.1) is 16.9 Å². The van der Waals surface area contributed by atoms with E-state index >= 15 is 0 Å². The average Bonchev–Trinajstić information content (AvgIpc) is 3.20. The zero-order valence-electron chi connectivity index (χ0n) is 15.4. The minimum absolute atomic E-state index is 0.0362. The highest BCUT2D eigenvalue weighted by atomic mass is 35.5. The molecule has 0 spiro atoms. The van der Waals surface area contributed by atoms with Crippen molar-refractivity contribution < 1.29 is 4.79 Å². The molecule has 2 aliphatic heterocycles. The van der Waals surface area contributed by atoms with E-state index in [-0.39, 0.29) is 11.4 Å². The molecular formula is C19H16ClN5OS2. The number of hydrazone groups is 1. The van der Waals surface area contributed by atoms with Gasteiger partial charge in [-0.05, 0) is 61.7 Å². The first-order valence-corrected chi connectivity index (χ1v) is 10.8. The van der Waals surface area contributed by atoms with Crippen LogP contribution in [0, 0.1) is 19.3 Å². The molecule has 2 aliphatic rings. The lowest BCUT2D eigenvalue weighted by Gasteiger charge is -2.20. The van der Waals surface area contributed by atoms with Gasteiger partial charge < -0.3 is 4.57 Å². The Balaban J connectivity index is 1.78. The number of halogens is 1. The van der Waals surface area contributed by atoms with Crippen LogP contribution in [-0.2, 0) is 4.79 Å². The van der Waals surface area contributed by atoms with Gasteiger partial charge in [0.25, 0.3) is 5.91 Å². The van der Waals surface area contributed by atoms with E-state index in [4.69, 9.17) is 17.0 Å². The second kappa shape index (κ2) is 7.27. The van der Waals surface area contributed by atoms with Crippen LogP contribution in [0.25, 0.3) is 11.8 Å². The number of para-hydroxylation sites is 1. The van der Waals surface area contributed by atoms with Crippen LogP contribution in [0.15, 0.2) is 46.0 Å². The number of carbonyl (C=O) groups is 1. The predicted molar refractivity (Wildman–Crippen MR) is 119 cm³/mol. The maximum atomic E-state index is 12.6. The fourth-order valence-corrected chi connectivity index (χ4v) is 4.72. The molecule has 6 nitrogen and oxygen atoms in total. The third kappa shape index (κ3) is 3.11. The van der Waals surface area contributed by atoms with Crippen molar-refractivity contribution in [3.63, 3.8) is 0 Å². The summed E-state index contributed by atoms with van der Waals surface area (Å²) in [6.07, 6.45) is 3.61. The Bertz CT molecular complexity index is 1120. The minimum atomic E-state index is -0.427. The number of carbonyl (C=O) groups excluding carboxylic acids is 1. The molecule has 28 heavy (non-hydrogen) atoms. The summed E-state index contributed by atoms with van der Waals surface area (Å²) in [7, 11) is 0. The fraction of sp³-hybridized carbons (Fsp3) is 0.158. The van der Waals surface area contributed by atoms with E-state index in [0.717, 1.165) is 27.0 Å². The third-order valence-corrected chi connectivity index (χ3v) is 6.68. The average molecular weight is 430 g/mol. The van der Waals surface area contributed by atoms with Crippen molar-refractivity contribution in [2.24, 2.45) is 10.1 Å². The predicted octanol–water partition coefficient (Wildman–Crippen LogP) is 4.69. The monoisotopic (exact) mass is 429 g/mol. The zero-order chi connectivity index (χ0) is 20.0. The Morgan fingerprint density at radius 2 is 2.04 bits per heavy atom. The molecule has 1 aromatic carbocycles. The molecule has 0 atom stereocenters. The smallest absolute Gasteiger partial charge is 0.283 e. The Hall–Kier alpha value is -2.29. The molecule has 2 aromatic rings. The lowest BCUT2D eigenvalue weighted by Crippen LogP contribution is -2.35. The number of nitrogens with one attached hydrogen (secondary N) is 1. The van der Waals surface area contributed by atoms with Gasteiger partial charge in [-0.1, -0.05) is 23.7 Å².